The number of carbonyl (C=O) groups is 1. The van der Waals surface area contributed by atoms with Crippen LogP contribution in [0.1, 0.15) is 18.4 Å². The van der Waals surface area contributed by atoms with Gasteiger partial charge in [-0.3, -0.25) is 4.79 Å². The van der Waals surface area contributed by atoms with Crippen LogP contribution in [0.2, 0.25) is 5.02 Å². The van der Waals surface area contributed by atoms with E-state index in [1.807, 2.05) is 12.1 Å². The smallest absolute Gasteiger partial charge is 0.305 e. The number of carbonyl (C=O) groups excluding carboxylic acids is 1. The van der Waals surface area contributed by atoms with Gasteiger partial charge in [0.25, 0.3) is 0 Å². The number of methoxy groups -OCH3 is 2. The van der Waals surface area contributed by atoms with Gasteiger partial charge in [-0.05, 0) is 36.6 Å². The summed E-state index contributed by atoms with van der Waals surface area (Å²) in [5.74, 6) is 0.607. The normalized spacial score (nSPS) is 9.94. The SMILES string of the molecule is COC(=O)CCCc1cc(Cl)ccc1OC. The minimum absolute atomic E-state index is 0.194. The maximum atomic E-state index is 10.9. The zero-order valence-corrected chi connectivity index (χ0v) is 10.2. The third kappa shape index (κ3) is 3.74. The van der Waals surface area contributed by atoms with Crippen LogP contribution in [0.4, 0.5) is 0 Å². The third-order valence-electron chi connectivity index (χ3n) is 2.30. The van der Waals surface area contributed by atoms with Crippen molar-refractivity contribution in [2.24, 2.45) is 0 Å². The van der Waals surface area contributed by atoms with Gasteiger partial charge >= 0.3 is 5.97 Å². The molecule has 0 aliphatic heterocycles. The topological polar surface area (TPSA) is 35.5 Å². The summed E-state index contributed by atoms with van der Waals surface area (Å²) in [5, 5.41) is 0.675. The number of hydrogen-bond acceptors (Lipinski definition) is 3. The number of rotatable bonds is 5. The van der Waals surface area contributed by atoms with Gasteiger partial charge in [-0.25, -0.2) is 0 Å². The molecule has 0 saturated carbocycles. The van der Waals surface area contributed by atoms with Crippen LogP contribution in [0.25, 0.3) is 0 Å². The molecule has 4 heteroatoms. The Bertz CT molecular complexity index is 363. The summed E-state index contributed by atoms with van der Waals surface area (Å²) in [6, 6.07) is 5.47. The van der Waals surface area contributed by atoms with Crippen molar-refractivity contribution < 1.29 is 14.3 Å². The largest absolute Gasteiger partial charge is 0.496 e. The van der Waals surface area contributed by atoms with Crippen molar-refractivity contribution in [3.63, 3.8) is 0 Å². The first-order valence-electron chi connectivity index (χ1n) is 5.06. The number of aryl methyl sites for hydroxylation is 1. The second kappa shape index (κ2) is 6.38. The molecule has 0 aliphatic carbocycles. The predicted molar refractivity (Wildman–Crippen MR) is 63.0 cm³/mol. The molecule has 0 aromatic heterocycles. The van der Waals surface area contributed by atoms with E-state index >= 15 is 0 Å². The lowest BCUT2D eigenvalue weighted by molar-refractivity contribution is -0.140. The minimum Gasteiger partial charge on any atom is -0.496 e. The van der Waals surface area contributed by atoms with E-state index in [0.717, 1.165) is 24.2 Å². The second-order valence-corrected chi connectivity index (χ2v) is 3.82. The molecule has 88 valence electrons. The van der Waals surface area contributed by atoms with Crippen molar-refractivity contribution in [3.05, 3.63) is 28.8 Å². The van der Waals surface area contributed by atoms with Crippen molar-refractivity contribution in [1.29, 1.82) is 0 Å². The van der Waals surface area contributed by atoms with E-state index in [2.05, 4.69) is 4.74 Å². The summed E-state index contributed by atoms with van der Waals surface area (Å²) >= 11 is 5.90. The Morgan fingerprint density at radius 3 is 2.75 bits per heavy atom. The average molecular weight is 243 g/mol. The van der Waals surface area contributed by atoms with Crippen LogP contribution < -0.4 is 4.74 Å². The van der Waals surface area contributed by atoms with Gasteiger partial charge < -0.3 is 9.47 Å². The van der Waals surface area contributed by atoms with Gasteiger partial charge in [0.1, 0.15) is 5.75 Å². The van der Waals surface area contributed by atoms with E-state index in [4.69, 9.17) is 16.3 Å². The van der Waals surface area contributed by atoms with Gasteiger partial charge in [0, 0.05) is 11.4 Å². The quantitative estimate of drug-likeness (QED) is 0.745. The molecule has 0 saturated heterocycles. The lowest BCUT2D eigenvalue weighted by atomic mass is 10.1. The Hall–Kier alpha value is -1.22. The molecular formula is C12H15ClO3. The van der Waals surface area contributed by atoms with Crippen LogP contribution in [0.15, 0.2) is 18.2 Å². The summed E-state index contributed by atoms with van der Waals surface area (Å²) in [7, 11) is 3.01. The predicted octanol–water partition coefficient (Wildman–Crippen LogP) is 2.84. The molecule has 0 aliphatic rings. The number of halogens is 1. The first-order valence-corrected chi connectivity index (χ1v) is 5.44. The van der Waals surface area contributed by atoms with E-state index < -0.39 is 0 Å². The number of benzene rings is 1. The molecule has 0 N–H and O–H groups in total. The fourth-order valence-corrected chi connectivity index (χ4v) is 1.66. The molecule has 1 aromatic rings. The monoisotopic (exact) mass is 242 g/mol. The highest BCUT2D eigenvalue weighted by Crippen LogP contribution is 2.24. The molecule has 0 fully saturated rings. The fourth-order valence-electron chi connectivity index (χ4n) is 1.47. The maximum absolute atomic E-state index is 10.9. The molecular weight excluding hydrogens is 228 g/mol. The standard InChI is InChI=1S/C12H15ClO3/c1-15-11-7-6-10(13)8-9(11)4-3-5-12(14)16-2/h6-8H,3-5H2,1-2H3. The van der Waals surface area contributed by atoms with Crippen molar-refractivity contribution in [2.45, 2.75) is 19.3 Å². The van der Waals surface area contributed by atoms with E-state index in [9.17, 15) is 4.79 Å². The fraction of sp³-hybridized carbons (Fsp3) is 0.417. The van der Waals surface area contributed by atoms with Gasteiger partial charge in [0.2, 0.25) is 0 Å². The molecule has 0 atom stereocenters. The van der Waals surface area contributed by atoms with Crippen LogP contribution in [0.3, 0.4) is 0 Å². The van der Waals surface area contributed by atoms with E-state index in [1.54, 1.807) is 13.2 Å². The molecule has 0 spiro atoms. The Labute approximate surface area is 100 Å². The number of ether oxygens (including phenoxy) is 2. The number of hydrogen-bond donors (Lipinski definition) is 0. The molecule has 0 radical (unpaired) electrons. The summed E-state index contributed by atoms with van der Waals surface area (Å²) in [6.45, 7) is 0. The van der Waals surface area contributed by atoms with Crippen LogP contribution in [0, 0.1) is 0 Å². The van der Waals surface area contributed by atoms with Gasteiger partial charge in [0.05, 0.1) is 14.2 Å². The van der Waals surface area contributed by atoms with Crippen LogP contribution >= 0.6 is 11.6 Å². The Balaban J connectivity index is 2.58. The van der Waals surface area contributed by atoms with Crippen LogP contribution in [0.5, 0.6) is 5.75 Å². The first kappa shape index (κ1) is 12.8. The third-order valence-corrected chi connectivity index (χ3v) is 2.53. The molecule has 0 amide bonds. The van der Waals surface area contributed by atoms with E-state index in [1.165, 1.54) is 7.11 Å². The molecule has 0 bridgehead atoms. The highest BCUT2D eigenvalue weighted by atomic mass is 35.5. The average Bonchev–Trinajstić information content (AvgIpc) is 2.29. The molecule has 1 aromatic carbocycles. The number of esters is 1. The van der Waals surface area contributed by atoms with E-state index in [0.29, 0.717) is 11.4 Å². The van der Waals surface area contributed by atoms with Gasteiger partial charge in [0.15, 0.2) is 0 Å². The zero-order valence-electron chi connectivity index (χ0n) is 9.46. The van der Waals surface area contributed by atoms with Gasteiger partial charge in [-0.1, -0.05) is 11.6 Å². The summed E-state index contributed by atoms with van der Waals surface area (Å²) in [6.07, 6.45) is 1.88. The van der Waals surface area contributed by atoms with E-state index in [-0.39, 0.29) is 5.97 Å². The van der Waals surface area contributed by atoms with Crippen molar-refractivity contribution in [3.8, 4) is 5.75 Å². The van der Waals surface area contributed by atoms with Crippen molar-refractivity contribution >= 4 is 17.6 Å². The molecule has 0 heterocycles. The lowest BCUT2D eigenvalue weighted by Gasteiger charge is -2.08. The summed E-state index contributed by atoms with van der Waals surface area (Å²) in [5.41, 5.74) is 1.01. The highest BCUT2D eigenvalue weighted by Gasteiger charge is 2.05. The van der Waals surface area contributed by atoms with Crippen LogP contribution in [-0.2, 0) is 16.0 Å². The highest BCUT2D eigenvalue weighted by molar-refractivity contribution is 6.30. The molecule has 1 rings (SSSR count). The first-order chi connectivity index (χ1) is 7.67. The molecule has 0 unspecified atom stereocenters. The van der Waals surface area contributed by atoms with Crippen molar-refractivity contribution in [2.75, 3.05) is 14.2 Å². The minimum atomic E-state index is -0.194. The maximum Gasteiger partial charge on any atom is 0.305 e. The lowest BCUT2D eigenvalue weighted by Crippen LogP contribution is -2.01. The van der Waals surface area contributed by atoms with Gasteiger partial charge in [-0.2, -0.15) is 0 Å². The zero-order chi connectivity index (χ0) is 12.0. The Morgan fingerprint density at radius 2 is 2.12 bits per heavy atom. The summed E-state index contributed by atoms with van der Waals surface area (Å²) in [4.78, 5) is 10.9. The molecule has 16 heavy (non-hydrogen) atoms. The van der Waals surface area contributed by atoms with Crippen molar-refractivity contribution in [1.82, 2.24) is 0 Å². The second-order valence-electron chi connectivity index (χ2n) is 3.39. The Morgan fingerprint density at radius 1 is 1.38 bits per heavy atom. The Kier molecular flexibility index (Phi) is 5.12. The molecule has 3 nitrogen and oxygen atoms in total. The summed E-state index contributed by atoms with van der Waals surface area (Å²) < 4.78 is 9.78. The van der Waals surface area contributed by atoms with Crippen LogP contribution in [-0.4, -0.2) is 20.2 Å². The van der Waals surface area contributed by atoms with Gasteiger partial charge in [-0.15, -0.1) is 0 Å².